The van der Waals surface area contributed by atoms with Gasteiger partial charge in [-0.25, -0.2) is 4.99 Å². The van der Waals surface area contributed by atoms with Crippen LogP contribution in [0.2, 0.25) is 0 Å². The van der Waals surface area contributed by atoms with E-state index in [0.29, 0.717) is 12.5 Å². The van der Waals surface area contributed by atoms with Gasteiger partial charge in [0.25, 0.3) is 0 Å². The van der Waals surface area contributed by atoms with E-state index in [4.69, 9.17) is 5.73 Å². The molecule has 0 unspecified atom stereocenters. The molecule has 108 valence electrons. The van der Waals surface area contributed by atoms with Crippen LogP contribution in [-0.2, 0) is 20.0 Å². The summed E-state index contributed by atoms with van der Waals surface area (Å²) in [6.45, 7) is 5.82. The molecule has 0 aliphatic rings. The fourth-order valence-corrected chi connectivity index (χ4v) is 2.01. The summed E-state index contributed by atoms with van der Waals surface area (Å²) in [5.41, 5.74) is 8.10. The first-order valence-corrected chi connectivity index (χ1v) is 7.22. The molecule has 0 bridgehead atoms. The van der Waals surface area contributed by atoms with Crippen molar-refractivity contribution >= 4 is 5.96 Å². The van der Waals surface area contributed by atoms with Crippen LogP contribution < -0.4 is 11.1 Å². The number of guanidine groups is 1. The third-order valence-electron chi connectivity index (χ3n) is 3.08. The second-order valence-electron chi connectivity index (χ2n) is 4.82. The minimum atomic E-state index is 0.530. The Hall–Kier alpha value is -1.52. The summed E-state index contributed by atoms with van der Waals surface area (Å²) >= 11 is 0. The maximum Gasteiger partial charge on any atom is 0.188 e. The van der Waals surface area contributed by atoms with Gasteiger partial charge in [-0.2, -0.15) is 5.10 Å². The Balaban J connectivity index is 2.34. The van der Waals surface area contributed by atoms with E-state index in [1.165, 1.54) is 19.3 Å². The minimum absolute atomic E-state index is 0.530. The Morgan fingerprint density at radius 3 is 2.84 bits per heavy atom. The third-order valence-corrected chi connectivity index (χ3v) is 3.08. The molecule has 0 amide bonds. The van der Waals surface area contributed by atoms with Crippen LogP contribution in [0.25, 0.3) is 0 Å². The van der Waals surface area contributed by atoms with Crippen molar-refractivity contribution in [2.75, 3.05) is 6.54 Å². The van der Waals surface area contributed by atoms with Crippen LogP contribution in [0.5, 0.6) is 0 Å². The molecule has 1 aromatic rings. The average Bonchev–Trinajstić information content (AvgIpc) is 2.76. The van der Waals surface area contributed by atoms with Gasteiger partial charge in [0.2, 0.25) is 0 Å². The molecule has 19 heavy (non-hydrogen) atoms. The van der Waals surface area contributed by atoms with Gasteiger partial charge in [-0.05, 0) is 12.8 Å². The lowest BCUT2D eigenvalue weighted by Crippen LogP contribution is -2.32. The summed E-state index contributed by atoms with van der Waals surface area (Å²) < 4.78 is 1.83. The Kier molecular flexibility index (Phi) is 7.00. The molecule has 5 heteroatoms. The second kappa shape index (κ2) is 8.56. The third kappa shape index (κ3) is 5.77. The monoisotopic (exact) mass is 265 g/mol. The van der Waals surface area contributed by atoms with E-state index in [1.807, 2.05) is 17.9 Å². The lowest BCUT2D eigenvalue weighted by molar-refractivity contribution is 0.652. The van der Waals surface area contributed by atoms with Crippen LogP contribution in [0.3, 0.4) is 0 Å². The van der Waals surface area contributed by atoms with Gasteiger partial charge in [0.05, 0.1) is 12.2 Å². The molecule has 1 rings (SSSR count). The highest BCUT2D eigenvalue weighted by molar-refractivity contribution is 5.77. The van der Waals surface area contributed by atoms with Crippen molar-refractivity contribution < 1.29 is 0 Å². The molecule has 0 aliphatic heterocycles. The van der Waals surface area contributed by atoms with Crippen molar-refractivity contribution in [3.8, 4) is 0 Å². The quantitative estimate of drug-likeness (QED) is 0.429. The van der Waals surface area contributed by atoms with Gasteiger partial charge in [-0.15, -0.1) is 0 Å². The Labute approximate surface area is 116 Å². The van der Waals surface area contributed by atoms with Crippen LogP contribution in [0.15, 0.2) is 11.2 Å². The molecule has 0 aromatic carbocycles. The molecule has 0 saturated carbocycles. The molecule has 0 saturated heterocycles. The van der Waals surface area contributed by atoms with E-state index in [1.54, 1.807) is 0 Å². The normalized spacial score (nSPS) is 11.8. The maximum atomic E-state index is 5.85. The maximum absolute atomic E-state index is 5.85. The van der Waals surface area contributed by atoms with Crippen molar-refractivity contribution in [1.29, 1.82) is 0 Å². The number of aliphatic imine (C=N–C) groups is 1. The van der Waals surface area contributed by atoms with Gasteiger partial charge in [-0.3, -0.25) is 4.68 Å². The molecule has 5 nitrogen and oxygen atoms in total. The highest BCUT2D eigenvalue weighted by atomic mass is 15.3. The number of nitrogens with one attached hydrogen (secondary N) is 1. The molecule has 0 fully saturated rings. The minimum Gasteiger partial charge on any atom is -0.370 e. The molecule has 0 aliphatic carbocycles. The number of aryl methyl sites for hydroxylation is 2. The van der Waals surface area contributed by atoms with Gasteiger partial charge in [0.15, 0.2) is 5.96 Å². The number of hydrogen-bond acceptors (Lipinski definition) is 2. The summed E-state index contributed by atoms with van der Waals surface area (Å²) in [5, 5.41) is 7.55. The first-order valence-electron chi connectivity index (χ1n) is 7.22. The van der Waals surface area contributed by atoms with Gasteiger partial charge in [0.1, 0.15) is 0 Å². The summed E-state index contributed by atoms with van der Waals surface area (Å²) in [6.07, 6.45) is 7.88. The predicted molar refractivity (Wildman–Crippen MR) is 80.1 cm³/mol. The Morgan fingerprint density at radius 1 is 1.37 bits per heavy atom. The van der Waals surface area contributed by atoms with E-state index >= 15 is 0 Å². The number of aromatic nitrogens is 2. The molecule has 0 atom stereocenters. The van der Waals surface area contributed by atoms with Crippen LogP contribution in [0.1, 0.15) is 50.8 Å². The van der Waals surface area contributed by atoms with E-state index in [2.05, 4.69) is 29.3 Å². The zero-order valence-electron chi connectivity index (χ0n) is 12.4. The molecule has 0 radical (unpaired) electrons. The predicted octanol–water partition coefficient (Wildman–Crippen LogP) is 1.97. The average molecular weight is 265 g/mol. The highest BCUT2D eigenvalue weighted by Gasteiger charge is 2.04. The van der Waals surface area contributed by atoms with Crippen LogP contribution in [-0.4, -0.2) is 22.3 Å². The topological polar surface area (TPSA) is 68.2 Å². The van der Waals surface area contributed by atoms with E-state index < -0.39 is 0 Å². The van der Waals surface area contributed by atoms with Crippen LogP contribution in [0, 0.1) is 0 Å². The van der Waals surface area contributed by atoms with E-state index in [-0.39, 0.29) is 0 Å². The molecular weight excluding hydrogens is 238 g/mol. The zero-order valence-corrected chi connectivity index (χ0v) is 12.4. The lowest BCUT2D eigenvalue weighted by Gasteiger charge is -2.05. The Bertz CT molecular complexity index is 395. The van der Waals surface area contributed by atoms with Crippen molar-refractivity contribution in [1.82, 2.24) is 15.1 Å². The summed E-state index contributed by atoms with van der Waals surface area (Å²) in [4.78, 5) is 4.36. The number of rotatable bonds is 8. The Morgan fingerprint density at radius 2 is 2.16 bits per heavy atom. The SMILES string of the molecule is CCCCCCNC(N)=NCc1cn(C)nc1CC. The molecule has 3 N–H and O–H groups in total. The van der Waals surface area contributed by atoms with E-state index in [9.17, 15) is 0 Å². The van der Waals surface area contributed by atoms with Crippen molar-refractivity contribution in [3.63, 3.8) is 0 Å². The molecule has 1 heterocycles. The summed E-state index contributed by atoms with van der Waals surface area (Å²) in [7, 11) is 1.93. The van der Waals surface area contributed by atoms with Crippen LogP contribution >= 0.6 is 0 Å². The second-order valence-corrected chi connectivity index (χ2v) is 4.82. The number of nitrogens with zero attached hydrogens (tertiary/aromatic N) is 3. The number of hydrogen-bond donors (Lipinski definition) is 2. The fraction of sp³-hybridized carbons (Fsp3) is 0.714. The van der Waals surface area contributed by atoms with Crippen LogP contribution in [0.4, 0.5) is 0 Å². The van der Waals surface area contributed by atoms with Crippen molar-refractivity contribution in [2.45, 2.75) is 52.5 Å². The molecule has 1 aromatic heterocycles. The fourth-order valence-electron chi connectivity index (χ4n) is 2.01. The smallest absolute Gasteiger partial charge is 0.188 e. The summed E-state index contributed by atoms with van der Waals surface area (Å²) in [6, 6.07) is 0. The number of nitrogens with two attached hydrogens (primary N) is 1. The van der Waals surface area contributed by atoms with Crippen molar-refractivity contribution in [2.24, 2.45) is 17.8 Å². The molecule has 0 spiro atoms. The first-order chi connectivity index (χ1) is 9.17. The lowest BCUT2D eigenvalue weighted by atomic mass is 10.2. The highest BCUT2D eigenvalue weighted by Crippen LogP contribution is 2.08. The van der Waals surface area contributed by atoms with E-state index in [0.717, 1.165) is 30.6 Å². The first kappa shape index (κ1) is 15.5. The van der Waals surface area contributed by atoms with Gasteiger partial charge in [-0.1, -0.05) is 33.1 Å². The van der Waals surface area contributed by atoms with Gasteiger partial charge < -0.3 is 11.1 Å². The molecular formula is C14H27N5. The largest absolute Gasteiger partial charge is 0.370 e. The van der Waals surface area contributed by atoms with Crippen molar-refractivity contribution in [3.05, 3.63) is 17.5 Å². The summed E-state index contributed by atoms with van der Waals surface area (Å²) in [5.74, 6) is 0.530. The standard InChI is InChI=1S/C14H27N5/c1-4-6-7-8-9-16-14(15)17-10-12-11-19(3)18-13(12)5-2/h11H,4-10H2,1-3H3,(H3,15,16,17). The van der Waals surface area contributed by atoms with Gasteiger partial charge in [0, 0.05) is 25.4 Å². The van der Waals surface area contributed by atoms with Gasteiger partial charge >= 0.3 is 0 Å². The number of unbranched alkanes of at least 4 members (excludes halogenated alkanes) is 3. The zero-order chi connectivity index (χ0) is 14.1.